The maximum Gasteiger partial charge on any atom is 0.291 e. The predicted octanol–water partition coefficient (Wildman–Crippen LogP) is 4.64. The van der Waals surface area contributed by atoms with Crippen LogP contribution in [0.15, 0.2) is 42.7 Å². The van der Waals surface area contributed by atoms with Crippen LogP contribution in [0.4, 0.5) is 17.2 Å². The van der Waals surface area contributed by atoms with E-state index in [0.717, 1.165) is 65.2 Å². The number of anilines is 3. The van der Waals surface area contributed by atoms with Crippen LogP contribution in [0, 0.1) is 13.8 Å². The summed E-state index contributed by atoms with van der Waals surface area (Å²) in [6, 6.07) is 9.58. The van der Waals surface area contributed by atoms with E-state index in [9.17, 15) is 9.90 Å². The van der Waals surface area contributed by atoms with Crippen LogP contribution in [0.1, 0.15) is 45.4 Å². The molecule has 12 nitrogen and oxygen atoms in total. The van der Waals surface area contributed by atoms with Crippen LogP contribution in [0.3, 0.4) is 0 Å². The number of fused-ring (bicyclic) bond motifs is 2. The number of carbonyl (C=O) groups excluding carboxylic acids is 1. The second-order valence-corrected chi connectivity index (χ2v) is 12.8. The SMILES string of the molecule is Cc1nc(Nc2cccc(-c3nccc(NC(=O)c4nc5c(n4C)CCN(C)C5)c3Cl)c2C)c2ncc(CN3CCC(O)C3)cc2n1. The third-order valence-corrected chi connectivity index (χ3v) is 9.37. The highest BCUT2D eigenvalue weighted by Gasteiger charge is 2.25. The standard InChI is InChI=1S/C34H37ClN10O2/c1-19-23(30-29(35)25(8-11-36-30)42-34(47)33-41-27-18-43(3)12-10-28(27)44(33)4)6-5-7-24(19)40-32-31-26(38-20(2)39-32)14-21(15-37-31)16-45-13-9-22(46)17-45/h5-8,11,14-15,22,46H,9-10,12-13,16-18H2,1-4H3,(H,36,42,47)(H,38,39,40). The minimum atomic E-state index is -0.324. The van der Waals surface area contributed by atoms with Gasteiger partial charge in [-0.05, 0) is 56.6 Å². The van der Waals surface area contributed by atoms with Crippen molar-refractivity contribution in [3.63, 3.8) is 0 Å². The average molecular weight is 653 g/mol. The molecule has 1 aromatic carbocycles. The molecule has 7 rings (SSSR count). The molecule has 2 aliphatic heterocycles. The van der Waals surface area contributed by atoms with Crippen LogP contribution >= 0.6 is 11.6 Å². The molecule has 0 radical (unpaired) electrons. The number of hydrogen-bond acceptors (Lipinski definition) is 10. The van der Waals surface area contributed by atoms with Crippen molar-refractivity contribution in [3.8, 4) is 11.3 Å². The van der Waals surface area contributed by atoms with Crippen LogP contribution < -0.4 is 10.6 Å². The second kappa shape index (κ2) is 12.6. The quantitative estimate of drug-likeness (QED) is 0.228. The summed E-state index contributed by atoms with van der Waals surface area (Å²) in [5, 5.41) is 16.7. The fraction of sp³-hybridized carbons (Fsp3) is 0.353. The van der Waals surface area contributed by atoms with E-state index < -0.39 is 0 Å². The maximum absolute atomic E-state index is 13.4. The number of rotatable bonds is 7. The summed E-state index contributed by atoms with van der Waals surface area (Å²) in [5.74, 6) is 1.25. The summed E-state index contributed by atoms with van der Waals surface area (Å²) in [6.07, 6.45) is 4.86. The zero-order valence-electron chi connectivity index (χ0n) is 26.9. The maximum atomic E-state index is 13.4. The molecule has 6 heterocycles. The minimum Gasteiger partial charge on any atom is -0.392 e. The van der Waals surface area contributed by atoms with Gasteiger partial charge in [-0.2, -0.15) is 0 Å². The molecule has 2 aliphatic rings. The molecule has 0 aliphatic carbocycles. The molecule has 0 spiro atoms. The molecular weight excluding hydrogens is 616 g/mol. The van der Waals surface area contributed by atoms with Crippen LogP contribution in [0.2, 0.25) is 5.02 Å². The van der Waals surface area contributed by atoms with Gasteiger partial charge in [0.05, 0.1) is 33.7 Å². The van der Waals surface area contributed by atoms with Crippen molar-refractivity contribution in [1.82, 2.24) is 39.3 Å². The number of aliphatic hydroxyl groups is 1. The van der Waals surface area contributed by atoms with Gasteiger partial charge in [0.2, 0.25) is 0 Å². The molecule has 5 aromatic rings. The molecule has 47 heavy (non-hydrogen) atoms. The van der Waals surface area contributed by atoms with Crippen molar-refractivity contribution in [2.45, 2.75) is 45.9 Å². The minimum absolute atomic E-state index is 0.270. The first kappa shape index (κ1) is 31.1. The number of aliphatic hydroxyl groups excluding tert-OH is 1. The number of β-amino-alcohol motifs (C(OH)–C–C–N with tert-alkyl or cyclic N) is 1. The van der Waals surface area contributed by atoms with E-state index in [-0.39, 0.29) is 12.0 Å². The van der Waals surface area contributed by atoms with E-state index in [4.69, 9.17) is 16.6 Å². The summed E-state index contributed by atoms with van der Waals surface area (Å²) < 4.78 is 1.88. The van der Waals surface area contributed by atoms with Crippen LogP contribution in [0.5, 0.6) is 0 Å². The Morgan fingerprint density at radius 1 is 1.09 bits per heavy atom. The Balaban J connectivity index is 1.15. The van der Waals surface area contributed by atoms with Gasteiger partial charge in [-0.1, -0.05) is 23.7 Å². The normalized spacial score (nSPS) is 16.9. The lowest BCUT2D eigenvalue weighted by Gasteiger charge is -2.21. The molecule has 1 saturated heterocycles. The number of nitrogens with zero attached hydrogens (tertiary/aromatic N) is 8. The number of carbonyl (C=O) groups is 1. The number of pyridine rings is 2. The highest BCUT2D eigenvalue weighted by molar-refractivity contribution is 6.36. The van der Waals surface area contributed by atoms with E-state index in [0.29, 0.717) is 59.0 Å². The topological polar surface area (TPSA) is 137 Å². The second-order valence-electron chi connectivity index (χ2n) is 12.5. The number of aromatic nitrogens is 6. The van der Waals surface area contributed by atoms with Gasteiger partial charge in [-0.3, -0.25) is 19.7 Å². The summed E-state index contributed by atoms with van der Waals surface area (Å²) >= 11 is 6.92. The van der Waals surface area contributed by atoms with Crippen LogP contribution in [-0.2, 0) is 26.6 Å². The van der Waals surface area contributed by atoms with Gasteiger partial charge in [0.25, 0.3) is 5.91 Å². The van der Waals surface area contributed by atoms with Crippen molar-refractivity contribution in [2.24, 2.45) is 7.05 Å². The Kier molecular flexibility index (Phi) is 8.35. The number of imidazole rings is 1. The lowest BCUT2D eigenvalue weighted by molar-refractivity contribution is 0.101. The van der Waals surface area contributed by atoms with Crippen LogP contribution in [0.25, 0.3) is 22.3 Å². The van der Waals surface area contributed by atoms with Gasteiger partial charge < -0.3 is 25.2 Å². The van der Waals surface area contributed by atoms with Gasteiger partial charge in [0, 0.05) is 75.5 Å². The third-order valence-electron chi connectivity index (χ3n) is 8.99. The summed E-state index contributed by atoms with van der Waals surface area (Å²) in [5.41, 5.74) is 7.99. The number of likely N-dealkylation sites (N-methyl/N-ethyl adjacent to an activating group) is 1. The van der Waals surface area contributed by atoms with Crippen molar-refractivity contribution < 1.29 is 9.90 Å². The summed E-state index contributed by atoms with van der Waals surface area (Å²) in [4.78, 5) is 41.1. The number of amides is 1. The van der Waals surface area contributed by atoms with E-state index in [1.165, 1.54) is 0 Å². The average Bonchev–Trinajstić information content (AvgIpc) is 3.60. The first-order chi connectivity index (χ1) is 22.6. The summed E-state index contributed by atoms with van der Waals surface area (Å²) in [7, 11) is 3.93. The zero-order chi connectivity index (χ0) is 32.8. The highest BCUT2D eigenvalue weighted by Crippen LogP contribution is 2.37. The van der Waals surface area contributed by atoms with Crippen LogP contribution in [-0.4, -0.2) is 83.1 Å². The molecule has 242 valence electrons. The number of likely N-dealkylation sites (tertiary alicyclic amines) is 1. The molecule has 1 unspecified atom stereocenters. The first-order valence-electron chi connectivity index (χ1n) is 15.7. The van der Waals surface area contributed by atoms with Crippen molar-refractivity contribution in [3.05, 3.63) is 81.9 Å². The number of nitrogens with one attached hydrogen (secondary N) is 2. The Morgan fingerprint density at radius 3 is 2.74 bits per heavy atom. The predicted molar refractivity (Wildman–Crippen MR) is 182 cm³/mol. The van der Waals surface area contributed by atoms with Gasteiger partial charge >= 0.3 is 0 Å². The Hall–Kier alpha value is -4.49. The van der Waals surface area contributed by atoms with Gasteiger partial charge in [-0.25, -0.2) is 15.0 Å². The Bertz CT molecular complexity index is 2010. The first-order valence-corrected chi connectivity index (χ1v) is 16.1. The van der Waals surface area contributed by atoms with Gasteiger partial charge in [-0.15, -0.1) is 0 Å². The molecule has 4 aromatic heterocycles. The van der Waals surface area contributed by atoms with E-state index in [1.54, 1.807) is 12.3 Å². The Morgan fingerprint density at radius 2 is 1.94 bits per heavy atom. The lowest BCUT2D eigenvalue weighted by Crippen LogP contribution is -2.27. The highest BCUT2D eigenvalue weighted by atomic mass is 35.5. The van der Waals surface area contributed by atoms with E-state index >= 15 is 0 Å². The number of halogens is 1. The fourth-order valence-corrected chi connectivity index (χ4v) is 6.75. The lowest BCUT2D eigenvalue weighted by atomic mass is 10.0. The van der Waals surface area contributed by atoms with Gasteiger partial charge in [0.15, 0.2) is 11.6 Å². The molecule has 1 fully saturated rings. The fourth-order valence-electron chi connectivity index (χ4n) is 6.49. The van der Waals surface area contributed by atoms with Crippen molar-refractivity contribution in [1.29, 1.82) is 0 Å². The molecule has 1 atom stereocenters. The van der Waals surface area contributed by atoms with E-state index in [2.05, 4.69) is 47.4 Å². The zero-order valence-corrected chi connectivity index (χ0v) is 27.6. The third kappa shape index (κ3) is 6.17. The molecular formula is C34H37ClN10O2. The molecule has 13 heteroatoms. The smallest absolute Gasteiger partial charge is 0.291 e. The summed E-state index contributed by atoms with van der Waals surface area (Å²) in [6.45, 7) is 7.73. The molecule has 3 N–H and O–H groups in total. The molecule has 0 bridgehead atoms. The van der Waals surface area contributed by atoms with Gasteiger partial charge in [0.1, 0.15) is 11.3 Å². The molecule has 0 saturated carbocycles. The number of aryl methyl sites for hydroxylation is 1. The molecule has 1 amide bonds. The van der Waals surface area contributed by atoms with E-state index in [1.807, 2.05) is 55.9 Å². The number of hydrogen-bond donors (Lipinski definition) is 3. The van der Waals surface area contributed by atoms with Crippen molar-refractivity contribution >= 4 is 45.7 Å². The largest absolute Gasteiger partial charge is 0.392 e. The van der Waals surface area contributed by atoms with Crippen molar-refractivity contribution in [2.75, 3.05) is 37.3 Å². The number of benzene rings is 1. The monoisotopic (exact) mass is 652 g/mol. The Labute approximate surface area is 277 Å².